The molecule has 17 heavy (non-hydrogen) atoms. The van der Waals surface area contributed by atoms with Gasteiger partial charge in [0.05, 0.1) is 12.9 Å². The SMILES string of the molecule is COc1ccc(CS(=O)CC2CNC2)c(F)c1. The molecule has 94 valence electrons. The van der Waals surface area contributed by atoms with Crippen LogP contribution in [0.4, 0.5) is 4.39 Å². The number of rotatable bonds is 5. The maximum atomic E-state index is 13.6. The summed E-state index contributed by atoms with van der Waals surface area (Å²) in [4.78, 5) is 0. The summed E-state index contributed by atoms with van der Waals surface area (Å²) >= 11 is 0. The highest BCUT2D eigenvalue weighted by atomic mass is 32.2. The molecule has 1 aromatic carbocycles. The van der Waals surface area contributed by atoms with Crippen LogP contribution in [0, 0.1) is 11.7 Å². The molecule has 1 aliphatic heterocycles. The van der Waals surface area contributed by atoms with Gasteiger partial charge in [-0.15, -0.1) is 0 Å². The van der Waals surface area contributed by atoms with Crippen molar-refractivity contribution in [1.29, 1.82) is 0 Å². The summed E-state index contributed by atoms with van der Waals surface area (Å²) in [6, 6.07) is 4.67. The summed E-state index contributed by atoms with van der Waals surface area (Å²) in [6.45, 7) is 1.85. The normalized spacial score (nSPS) is 17.5. The van der Waals surface area contributed by atoms with Gasteiger partial charge in [0.25, 0.3) is 0 Å². The molecule has 1 heterocycles. The van der Waals surface area contributed by atoms with Crippen molar-refractivity contribution in [1.82, 2.24) is 5.32 Å². The highest BCUT2D eigenvalue weighted by molar-refractivity contribution is 7.84. The van der Waals surface area contributed by atoms with Crippen LogP contribution < -0.4 is 10.1 Å². The first kappa shape index (κ1) is 12.5. The number of methoxy groups -OCH3 is 1. The number of nitrogens with one attached hydrogen (secondary N) is 1. The zero-order chi connectivity index (χ0) is 12.3. The van der Waals surface area contributed by atoms with Gasteiger partial charge in [-0.05, 0) is 12.0 Å². The third kappa shape index (κ3) is 3.26. The van der Waals surface area contributed by atoms with Crippen LogP contribution in [0.5, 0.6) is 5.75 Å². The van der Waals surface area contributed by atoms with E-state index in [0.29, 0.717) is 23.0 Å². The van der Waals surface area contributed by atoms with E-state index >= 15 is 0 Å². The predicted octanol–water partition coefficient (Wildman–Crippen LogP) is 1.30. The van der Waals surface area contributed by atoms with E-state index in [0.717, 1.165) is 13.1 Å². The highest BCUT2D eigenvalue weighted by Gasteiger charge is 2.20. The Labute approximate surface area is 103 Å². The van der Waals surface area contributed by atoms with Crippen LogP contribution in [0.3, 0.4) is 0 Å². The quantitative estimate of drug-likeness (QED) is 0.864. The smallest absolute Gasteiger partial charge is 0.131 e. The van der Waals surface area contributed by atoms with E-state index in [2.05, 4.69) is 5.32 Å². The summed E-state index contributed by atoms with van der Waals surface area (Å²) in [5.74, 6) is 1.56. The average Bonchev–Trinajstić information content (AvgIpc) is 2.26. The second kappa shape index (κ2) is 5.60. The molecule has 1 N–H and O–H groups in total. The fourth-order valence-corrected chi connectivity index (χ4v) is 3.19. The lowest BCUT2D eigenvalue weighted by Gasteiger charge is -2.26. The maximum absolute atomic E-state index is 13.6. The van der Waals surface area contributed by atoms with Gasteiger partial charge in [0.2, 0.25) is 0 Å². The Bertz CT molecular complexity index is 421. The lowest BCUT2D eigenvalue weighted by molar-refractivity contribution is 0.382. The number of hydrogen-bond acceptors (Lipinski definition) is 3. The molecule has 2 rings (SSSR count). The van der Waals surface area contributed by atoms with E-state index in [1.165, 1.54) is 13.2 Å². The molecule has 1 aliphatic rings. The molecule has 1 unspecified atom stereocenters. The Balaban J connectivity index is 1.95. The Kier molecular flexibility index (Phi) is 4.12. The van der Waals surface area contributed by atoms with Gasteiger partial charge in [0.1, 0.15) is 11.6 Å². The Hall–Kier alpha value is -0.940. The number of ether oxygens (including phenoxy) is 1. The molecule has 1 aromatic rings. The van der Waals surface area contributed by atoms with Gasteiger partial charge in [-0.1, -0.05) is 6.07 Å². The van der Waals surface area contributed by atoms with E-state index in [-0.39, 0.29) is 11.6 Å². The monoisotopic (exact) mass is 257 g/mol. The number of benzene rings is 1. The van der Waals surface area contributed by atoms with E-state index in [9.17, 15) is 8.60 Å². The molecule has 3 nitrogen and oxygen atoms in total. The molecule has 5 heteroatoms. The second-order valence-electron chi connectivity index (χ2n) is 4.23. The van der Waals surface area contributed by atoms with Crippen molar-refractivity contribution in [3.63, 3.8) is 0 Å². The fraction of sp³-hybridized carbons (Fsp3) is 0.500. The highest BCUT2D eigenvalue weighted by Crippen LogP contribution is 2.18. The van der Waals surface area contributed by atoms with Gasteiger partial charge in [-0.2, -0.15) is 0 Å². The average molecular weight is 257 g/mol. The van der Waals surface area contributed by atoms with Crippen LogP contribution >= 0.6 is 0 Å². The van der Waals surface area contributed by atoms with Crippen LogP contribution in [0.1, 0.15) is 5.56 Å². The fourth-order valence-electron chi connectivity index (χ4n) is 1.73. The van der Waals surface area contributed by atoms with Crippen LogP contribution in [-0.4, -0.2) is 30.2 Å². The molecule has 1 saturated heterocycles. The maximum Gasteiger partial charge on any atom is 0.131 e. The van der Waals surface area contributed by atoms with Crippen LogP contribution in [0.2, 0.25) is 0 Å². The lowest BCUT2D eigenvalue weighted by atomic mass is 10.1. The Morgan fingerprint density at radius 2 is 2.29 bits per heavy atom. The minimum absolute atomic E-state index is 0.284. The van der Waals surface area contributed by atoms with E-state index in [4.69, 9.17) is 4.74 Å². The molecular weight excluding hydrogens is 241 g/mol. The van der Waals surface area contributed by atoms with Crippen molar-refractivity contribution in [2.24, 2.45) is 5.92 Å². The zero-order valence-electron chi connectivity index (χ0n) is 9.74. The van der Waals surface area contributed by atoms with Crippen molar-refractivity contribution in [3.8, 4) is 5.75 Å². The molecule has 0 amide bonds. The molecule has 1 fully saturated rings. The van der Waals surface area contributed by atoms with Gasteiger partial charge < -0.3 is 10.1 Å². The van der Waals surface area contributed by atoms with Crippen molar-refractivity contribution in [2.45, 2.75) is 5.75 Å². The molecule has 0 saturated carbocycles. The molecule has 0 aliphatic carbocycles. The molecule has 0 radical (unpaired) electrons. The summed E-state index contributed by atoms with van der Waals surface area (Å²) in [6.07, 6.45) is 0. The van der Waals surface area contributed by atoms with Crippen LogP contribution in [0.15, 0.2) is 18.2 Å². The van der Waals surface area contributed by atoms with E-state index in [1.54, 1.807) is 12.1 Å². The summed E-state index contributed by atoms with van der Waals surface area (Å²) < 4.78 is 30.3. The van der Waals surface area contributed by atoms with Gasteiger partial charge in [-0.3, -0.25) is 4.21 Å². The minimum Gasteiger partial charge on any atom is -0.497 e. The van der Waals surface area contributed by atoms with Gasteiger partial charge in [0, 0.05) is 41.3 Å². The first-order chi connectivity index (χ1) is 8.19. The van der Waals surface area contributed by atoms with Crippen molar-refractivity contribution < 1.29 is 13.3 Å². The number of hydrogen-bond donors (Lipinski definition) is 1. The summed E-state index contributed by atoms with van der Waals surface area (Å²) in [7, 11) is 0.507. The zero-order valence-corrected chi connectivity index (χ0v) is 10.6. The molecule has 0 bridgehead atoms. The largest absolute Gasteiger partial charge is 0.497 e. The van der Waals surface area contributed by atoms with Gasteiger partial charge in [-0.25, -0.2) is 4.39 Å². The third-order valence-corrected chi connectivity index (χ3v) is 4.34. The first-order valence-corrected chi connectivity index (χ1v) is 7.06. The summed E-state index contributed by atoms with van der Waals surface area (Å²) in [5, 5.41) is 3.13. The van der Waals surface area contributed by atoms with Crippen molar-refractivity contribution in [2.75, 3.05) is 26.0 Å². The minimum atomic E-state index is -0.989. The Morgan fingerprint density at radius 1 is 1.53 bits per heavy atom. The van der Waals surface area contributed by atoms with Crippen molar-refractivity contribution in [3.05, 3.63) is 29.6 Å². The van der Waals surface area contributed by atoms with Crippen LogP contribution in [0.25, 0.3) is 0 Å². The van der Waals surface area contributed by atoms with Gasteiger partial charge >= 0.3 is 0 Å². The summed E-state index contributed by atoms with van der Waals surface area (Å²) in [5.41, 5.74) is 0.497. The lowest BCUT2D eigenvalue weighted by Crippen LogP contribution is -2.44. The van der Waals surface area contributed by atoms with E-state index < -0.39 is 10.8 Å². The standard InChI is InChI=1S/C12H16FNO2S/c1-16-11-3-2-10(12(13)4-11)8-17(15)7-9-5-14-6-9/h2-4,9,14H,5-8H2,1H3. The van der Waals surface area contributed by atoms with Gasteiger partial charge in [0.15, 0.2) is 0 Å². The van der Waals surface area contributed by atoms with E-state index in [1.807, 2.05) is 0 Å². The predicted molar refractivity (Wildman–Crippen MR) is 66.0 cm³/mol. The molecule has 0 spiro atoms. The van der Waals surface area contributed by atoms with Crippen LogP contribution in [-0.2, 0) is 16.6 Å². The topological polar surface area (TPSA) is 38.3 Å². The molecular formula is C12H16FNO2S. The Morgan fingerprint density at radius 3 is 2.82 bits per heavy atom. The second-order valence-corrected chi connectivity index (χ2v) is 5.73. The molecule has 1 atom stereocenters. The first-order valence-electron chi connectivity index (χ1n) is 5.57. The molecule has 0 aromatic heterocycles. The third-order valence-electron chi connectivity index (χ3n) is 2.86. The van der Waals surface area contributed by atoms with Crippen molar-refractivity contribution >= 4 is 10.8 Å². The number of halogens is 1.